The summed E-state index contributed by atoms with van der Waals surface area (Å²) in [7, 11) is 1.58. The molecule has 21 heteroatoms. The van der Waals surface area contributed by atoms with Crippen molar-refractivity contribution in [3.8, 4) is 17.2 Å². The summed E-state index contributed by atoms with van der Waals surface area (Å²) in [5.74, 6) is -6.34. The van der Waals surface area contributed by atoms with Crippen molar-refractivity contribution in [2.24, 2.45) is 11.8 Å². The van der Waals surface area contributed by atoms with Gasteiger partial charge < -0.3 is 62.7 Å². The van der Waals surface area contributed by atoms with E-state index in [0.29, 0.717) is 28.3 Å². The molecule has 7 rings (SSSR count). The Kier molecular flexibility index (Phi) is 22.7. The summed E-state index contributed by atoms with van der Waals surface area (Å²) in [5.41, 5.74) is 0.421. The number of amides is 2. The number of rotatable bonds is 8. The fraction of sp³-hybridized carbons (Fsp3) is 0.545. The smallest absolute Gasteiger partial charge is 0.414 e. The summed E-state index contributed by atoms with van der Waals surface area (Å²) in [6, 6.07) is 13.1. The molecule has 2 fully saturated rings. The lowest BCUT2D eigenvalue weighted by molar-refractivity contribution is -0.158. The van der Waals surface area contributed by atoms with Gasteiger partial charge in [0.15, 0.2) is 11.6 Å². The fourth-order valence-electron chi connectivity index (χ4n) is 10.1. The van der Waals surface area contributed by atoms with E-state index >= 15 is 8.78 Å². The number of halogens is 2. The number of carbonyl (C=O) groups is 4. The number of anilines is 2. The number of aliphatic hydroxyl groups excluding tert-OH is 1. The summed E-state index contributed by atoms with van der Waals surface area (Å²) in [6.45, 7) is 28.2. The van der Waals surface area contributed by atoms with Crippen LogP contribution in [0.1, 0.15) is 161 Å². The lowest BCUT2D eigenvalue weighted by Crippen LogP contribution is -2.38. The standard InChI is InChI=1S/C37H48FNO9.C29H40FNO8/c1-10-39(35(42)48-36(4,5)6)26-19-25-12-11-13-30-33(47-37(7,8)46-30)32(44-21-24-14-16-27(43-9)17-15-24)28(38)18-22(2)23(3)45-34(41)31(25)29(40)20-26;1-9-31(27(35)39-28(4,5)6)19-14-18-11-10-12-22-25(38-29(7,8)37-22)24(33)20(30)13-16(2)17(3)36-26(34)23(18)21(32)15-19/h11-12,14-20,22-23,30,32-33,40H,10,13,21H2,1-9H3;10-11,13-17,22,24-25,32-33H,9,12H2,1-8H3/b12-11+,28-18+;11-10+,20-13+/t22-,23+,30+,32-,33+;16-,17+,22+,24-,25+/m11/s1. The van der Waals surface area contributed by atoms with E-state index in [2.05, 4.69) is 0 Å². The molecule has 3 aromatic rings. The third-order valence-corrected chi connectivity index (χ3v) is 14.6. The van der Waals surface area contributed by atoms with Crippen LogP contribution in [0.4, 0.5) is 29.7 Å². The average Bonchev–Trinajstić information content (AvgIpc) is 3.84. The number of nitrogens with zero attached hydrogens (tertiary/aromatic N) is 2. The second-order valence-corrected chi connectivity index (χ2v) is 24.9. The van der Waals surface area contributed by atoms with E-state index in [-0.39, 0.29) is 55.2 Å². The van der Waals surface area contributed by atoms with Crippen LogP contribution in [0.15, 0.2) is 84.5 Å². The Morgan fingerprint density at radius 3 is 1.47 bits per heavy atom. The number of aliphatic hydroxyl groups is 1. The van der Waals surface area contributed by atoms with Gasteiger partial charge in [0.05, 0.1) is 37.3 Å². The van der Waals surface area contributed by atoms with Crippen molar-refractivity contribution in [2.75, 3.05) is 30.0 Å². The van der Waals surface area contributed by atoms with Crippen molar-refractivity contribution in [1.29, 1.82) is 0 Å². The molecule has 0 unspecified atom stereocenters. The van der Waals surface area contributed by atoms with Gasteiger partial charge in [0.2, 0.25) is 0 Å². The highest BCUT2D eigenvalue weighted by Gasteiger charge is 2.48. The van der Waals surface area contributed by atoms with Gasteiger partial charge in [-0.05, 0) is 163 Å². The molecule has 0 saturated carbocycles. The van der Waals surface area contributed by atoms with Gasteiger partial charge in [-0.1, -0.05) is 50.3 Å². The molecule has 10 atom stereocenters. The highest BCUT2D eigenvalue weighted by Crippen LogP contribution is 2.40. The predicted molar refractivity (Wildman–Crippen MR) is 324 cm³/mol. The monoisotopic (exact) mass is 1220 g/mol. The van der Waals surface area contributed by atoms with Crippen LogP contribution in [-0.2, 0) is 49.2 Å². The molecule has 0 aliphatic carbocycles. The van der Waals surface area contributed by atoms with Crippen LogP contribution in [0.5, 0.6) is 17.2 Å². The number of aromatic hydroxyl groups is 2. The Morgan fingerprint density at radius 1 is 0.644 bits per heavy atom. The van der Waals surface area contributed by atoms with E-state index in [4.69, 9.17) is 47.4 Å². The normalized spacial score (nSPS) is 27.7. The van der Waals surface area contributed by atoms with Crippen molar-refractivity contribution in [3.05, 3.63) is 112 Å². The number of ether oxygens (including phenoxy) is 10. The second-order valence-electron chi connectivity index (χ2n) is 24.9. The van der Waals surface area contributed by atoms with Gasteiger partial charge in [0.25, 0.3) is 0 Å². The van der Waals surface area contributed by atoms with Crippen LogP contribution in [0.3, 0.4) is 0 Å². The van der Waals surface area contributed by atoms with Gasteiger partial charge in [0.1, 0.15) is 87.9 Å². The number of phenolic OH excluding ortho intramolecular Hbond substituents is 2. The van der Waals surface area contributed by atoms with Gasteiger partial charge in [0, 0.05) is 37.1 Å². The number of carbonyl (C=O) groups excluding carboxylic acids is 4. The van der Waals surface area contributed by atoms with Crippen LogP contribution in [0.2, 0.25) is 0 Å². The van der Waals surface area contributed by atoms with Gasteiger partial charge in [-0.15, -0.1) is 0 Å². The summed E-state index contributed by atoms with van der Waals surface area (Å²) in [6.07, 6.45) is 1.06. The molecule has 0 aromatic heterocycles. The second kappa shape index (κ2) is 28.5. The van der Waals surface area contributed by atoms with Crippen LogP contribution < -0.4 is 14.5 Å². The number of benzene rings is 3. The van der Waals surface area contributed by atoms with Crippen molar-refractivity contribution < 1.29 is 90.6 Å². The molecule has 0 spiro atoms. The number of phenols is 2. The van der Waals surface area contributed by atoms with Crippen LogP contribution in [-0.4, -0.2) is 131 Å². The lowest BCUT2D eigenvalue weighted by Gasteiger charge is -2.28. The van der Waals surface area contributed by atoms with E-state index in [9.17, 15) is 34.5 Å². The maximum absolute atomic E-state index is 16.2. The molecule has 4 aliphatic rings. The van der Waals surface area contributed by atoms with Gasteiger partial charge in [-0.2, -0.15) is 0 Å². The first-order chi connectivity index (χ1) is 40.5. The van der Waals surface area contributed by atoms with Crippen molar-refractivity contribution in [1.82, 2.24) is 0 Å². The zero-order valence-electron chi connectivity index (χ0n) is 53.1. The summed E-state index contributed by atoms with van der Waals surface area (Å²) in [4.78, 5) is 55.3. The number of cyclic esters (lactones) is 2. The number of hydrogen-bond acceptors (Lipinski definition) is 17. The number of esters is 2. The van der Waals surface area contributed by atoms with Gasteiger partial charge in [-0.3, -0.25) is 9.80 Å². The van der Waals surface area contributed by atoms with E-state index in [0.717, 1.165) is 5.56 Å². The zero-order chi connectivity index (χ0) is 64.7. The predicted octanol–water partition coefficient (Wildman–Crippen LogP) is 13.2. The molecule has 3 aromatic carbocycles. The molecule has 2 amide bonds. The Balaban J connectivity index is 0.000000284. The maximum Gasteiger partial charge on any atom is 0.414 e. The number of hydrogen-bond donors (Lipinski definition) is 3. The molecule has 4 heterocycles. The third-order valence-electron chi connectivity index (χ3n) is 14.6. The third kappa shape index (κ3) is 18.4. The molecule has 0 radical (unpaired) electrons. The molecule has 87 heavy (non-hydrogen) atoms. The minimum absolute atomic E-state index is 0.0861. The van der Waals surface area contributed by atoms with Crippen molar-refractivity contribution >= 4 is 47.7 Å². The minimum Gasteiger partial charge on any atom is -0.507 e. The SMILES string of the molecule is CCN(C(=O)OC(C)(C)C)c1cc(O)c2c(c1)/C=C/C[C@@H]1OC(C)(C)O[C@@H]1[C@H](O)/C(F)=C\[C@@H](C)[C@H](C)OC2=O.CCN(C(=O)OC(C)(C)C)c1cc(O)c2c(c1)/C=C/C[C@@H]1OC(C)(C)O[C@@H]1[C@H](OCc1ccc(OC)cc1)/C(F)=C\[C@@H](C)[C@H](C)OC2=O. The molecule has 19 nitrogen and oxygen atoms in total. The first kappa shape index (κ1) is 69.2. The van der Waals surface area contributed by atoms with Crippen LogP contribution in [0.25, 0.3) is 12.2 Å². The van der Waals surface area contributed by atoms with Crippen molar-refractivity contribution in [3.63, 3.8) is 0 Å². The van der Waals surface area contributed by atoms with Gasteiger partial charge in [-0.25, -0.2) is 28.0 Å². The first-order valence-electron chi connectivity index (χ1n) is 29.4. The highest BCUT2D eigenvalue weighted by molar-refractivity contribution is 6.00. The van der Waals surface area contributed by atoms with E-state index < -0.39 is 119 Å². The molecule has 0 bridgehead atoms. The minimum atomic E-state index is -1.58. The fourth-order valence-corrected chi connectivity index (χ4v) is 10.1. The Hall–Kier alpha value is -6.88. The van der Waals surface area contributed by atoms with Crippen LogP contribution in [0, 0.1) is 11.8 Å². The Labute approximate surface area is 509 Å². The quantitative estimate of drug-likeness (QED) is 0.141. The summed E-state index contributed by atoms with van der Waals surface area (Å²) in [5, 5.41) is 32.8. The Bertz CT molecular complexity index is 3050. The molecule has 478 valence electrons. The molecular formula is C66H88F2N2O17. The highest BCUT2D eigenvalue weighted by atomic mass is 19.1. The largest absolute Gasteiger partial charge is 0.507 e. The Morgan fingerprint density at radius 2 is 1.06 bits per heavy atom. The van der Waals surface area contributed by atoms with E-state index in [1.54, 1.807) is 166 Å². The molecule has 3 N–H and O–H groups in total. The lowest BCUT2D eigenvalue weighted by atomic mass is 9.97. The summed E-state index contributed by atoms with van der Waals surface area (Å²) >= 11 is 0. The van der Waals surface area contributed by atoms with Gasteiger partial charge >= 0.3 is 24.1 Å². The first-order valence-corrected chi connectivity index (χ1v) is 29.4. The topological polar surface area (TPSA) is 228 Å². The summed E-state index contributed by atoms with van der Waals surface area (Å²) < 4.78 is 89.3. The number of methoxy groups -OCH3 is 1. The molecular weight excluding hydrogens is 1130 g/mol. The maximum atomic E-state index is 16.2. The molecule has 2 saturated heterocycles. The van der Waals surface area contributed by atoms with E-state index in [1.807, 2.05) is 12.1 Å². The molecule has 4 aliphatic heterocycles. The van der Waals surface area contributed by atoms with E-state index in [1.165, 1.54) is 34.1 Å². The zero-order valence-corrected chi connectivity index (χ0v) is 53.1. The average molecular weight is 1220 g/mol. The van der Waals surface area contributed by atoms with Crippen LogP contribution >= 0.6 is 0 Å². The van der Waals surface area contributed by atoms with Crippen molar-refractivity contribution in [2.45, 2.75) is 202 Å². The number of fused-ring (bicyclic) bond motifs is 4.